The normalized spacial score (nSPS) is 16.6. The van der Waals surface area contributed by atoms with Crippen LogP contribution in [0.25, 0.3) is 0 Å². The van der Waals surface area contributed by atoms with Crippen molar-refractivity contribution in [2.75, 3.05) is 27.2 Å². The van der Waals surface area contributed by atoms with Gasteiger partial charge in [-0.25, -0.2) is 4.63 Å². The molecule has 0 unspecified atom stereocenters. The van der Waals surface area contributed by atoms with Crippen molar-refractivity contribution in [3.05, 3.63) is 41.2 Å². The molecule has 8 heteroatoms. The molecule has 2 heterocycles. The zero-order valence-corrected chi connectivity index (χ0v) is 15.1. The van der Waals surface area contributed by atoms with Crippen molar-refractivity contribution in [3.63, 3.8) is 0 Å². The maximum atomic E-state index is 12.7. The molecule has 0 N–H and O–H groups in total. The van der Waals surface area contributed by atoms with Gasteiger partial charge in [-0.15, -0.1) is 0 Å². The highest BCUT2D eigenvalue weighted by Gasteiger charge is 2.33. The van der Waals surface area contributed by atoms with Crippen molar-refractivity contribution in [2.24, 2.45) is 5.92 Å². The van der Waals surface area contributed by atoms with Crippen LogP contribution in [0.4, 0.5) is 0 Å². The third-order valence-corrected chi connectivity index (χ3v) is 4.65. The molecule has 1 aliphatic rings. The number of aryl methyl sites for hydroxylation is 1. The number of ether oxygens (including phenoxy) is 1. The fourth-order valence-corrected chi connectivity index (χ4v) is 3.09. The Labute approximate surface area is 151 Å². The fourth-order valence-electron chi connectivity index (χ4n) is 3.09. The van der Waals surface area contributed by atoms with Crippen LogP contribution in [0.15, 0.2) is 28.9 Å². The van der Waals surface area contributed by atoms with E-state index in [0.717, 1.165) is 0 Å². The molecule has 138 valence electrons. The molecule has 1 saturated heterocycles. The molecule has 2 aromatic rings. The van der Waals surface area contributed by atoms with Crippen molar-refractivity contribution < 1.29 is 19.0 Å². The first-order chi connectivity index (χ1) is 12.5. The van der Waals surface area contributed by atoms with Gasteiger partial charge in [0.2, 0.25) is 5.91 Å². The Morgan fingerprint density at radius 3 is 2.88 bits per heavy atom. The van der Waals surface area contributed by atoms with E-state index in [0.29, 0.717) is 48.8 Å². The van der Waals surface area contributed by atoms with Crippen LogP contribution in [0, 0.1) is 12.8 Å². The Kier molecular flexibility index (Phi) is 5.20. The summed E-state index contributed by atoms with van der Waals surface area (Å²) >= 11 is 0. The molecule has 3 rings (SSSR count). The predicted molar refractivity (Wildman–Crippen MR) is 92.5 cm³/mol. The zero-order chi connectivity index (χ0) is 18.7. The molecule has 0 saturated carbocycles. The lowest BCUT2D eigenvalue weighted by molar-refractivity contribution is -0.134. The first-order valence-corrected chi connectivity index (χ1v) is 8.46. The third kappa shape index (κ3) is 3.68. The van der Waals surface area contributed by atoms with Crippen molar-refractivity contribution in [2.45, 2.75) is 19.9 Å². The summed E-state index contributed by atoms with van der Waals surface area (Å²) in [4.78, 5) is 28.7. The molecule has 0 spiro atoms. The molecular formula is C18H22N4O4. The lowest BCUT2D eigenvalue weighted by Gasteiger charge is -2.21. The van der Waals surface area contributed by atoms with Gasteiger partial charge in [0.15, 0.2) is 0 Å². The largest absolute Gasteiger partial charge is 0.497 e. The third-order valence-electron chi connectivity index (χ3n) is 4.65. The SMILES string of the molecule is COc1cccc(C(=O)N2CC[C@@H](C(=O)N(C)Cc3nonc3C)C2)c1. The van der Waals surface area contributed by atoms with Gasteiger partial charge in [-0.3, -0.25) is 9.59 Å². The molecule has 2 amide bonds. The summed E-state index contributed by atoms with van der Waals surface area (Å²) in [6.07, 6.45) is 0.648. The summed E-state index contributed by atoms with van der Waals surface area (Å²) in [5.74, 6) is 0.334. The van der Waals surface area contributed by atoms with Gasteiger partial charge >= 0.3 is 0 Å². The number of likely N-dealkylation sites (tertiary alicyclic amines) is 1. The molecule has 1 fully saturated rings. The van der Waals surface area contributed by atoms with Gasteiger partial charge in [-0.05, 0) is 31.5 Å². The van der Waals surface area contributed by atoms with Crippen LogP contribution in [-0.4, -0.2) is 59.2 Å². The standard InChI is InChI=1S/C18H22N4O4/c1-12-16(20-26-19-12)11-21(2)17(23)14-7-8-22(10-14)18(24)13-5-4-6-15(9-13)25-3/h4-6,9,14H,7-8,10-11H2,1-3H3/t14-/m1/s1. The van der Waals surface area contributed by atoms with E-state index in [1.807, 2.05) is 0 Å². The average Bonchev–Trinajstić information content (AvgIpc) is 3.30. The Balaban J connectivity index is 1.61. The minimum atomic E-state index is -0.213. The van der Waals surface area contributed by atoms with Crippen LogP contribution < -0.4 is 4.74 Å². The number of nitrogens with zero attached hydrogens (tertiary/aromatic N) is 4. The number of hydrogen-bond donors (Lipinski definition) is 0. The van der Waals surface area contributed by atoms with Crippen LogP contribution in [-0.2, 0) is 11.3 Å². The highest BCUT2D eigenvalue weighted by molar-refractivity contribution is 5.95. The van der Waals surface area contributed by atoms with E-state index in [9.17, 15) is 9.59 Å². The highest BCUT2D eigenvalue weighted by Crippen LogP contribution is 2.22. The van der Waals surface area contributed by atoms with Gasteiger partial charge < -0.3 is 14.5 Å². The first kappa shape index (κ1) is 17.9. The topological polar surface area (TPSA) is 88.8 Å². The van der Waals surface area contributed by atoms with Gasteiger partial charge in [0.05, 0.1) is 19.6 Å². The quantitative estimate of drug-likeness (QED) is 0.805. The molecule has 1 aliphatic heterocycles. The van der Waals surface area contributed by atoms with E-state index < -0.39 is 0 Å². The molecule has 0 bridgehead atoms. The Morgan fingerprint density at radius 2 is 2.19 bits per heavy atom. The number of methoxy groups -OCH3 is 1. The smallest absolute Gasteiger partial charge is 0.254 e. The molecule has 1 atom stereocenters. The molecule has 26 heavy (non-hydrogen) atoms. The fraction of sp³-hybridized carbons (Fsp3) is 0.444. The van der Waals surface area contributed by atoms with Gasteiger partial charge in [0.25, 0.3) is 5.91 Å². The van der Waals surface area contributed by atoms with Crippen molar-refractivity contribution in [1.82, 2.24) is 20.1 Å². The predicted octanol–water partition coefficient (Wildman–Crippen LogP) is 1.51. The molecule has 1 aromatic heterocycles. The number of rotatable bonds is 5. The van der Waals surface area contributed by atoms with E-state index in [1.165, 1.54) is 0 Å². The summed E-state index contributed by atoms with van der Waals surface area (Å²) in [6, 6.07) is 7.05. The second-order valence-corrected chi connectivity index (χ2v) is 6.46. The molecule has 1 aromatic carbocycles. The molecular weight excluding hydrogens is 336 g/mol. The van der Waals surface area contributed by atoms with Crippen LogP contribution >= 0.6 is 0 Å². The van der Waals surface area contributed by atoms with Gasteiger partial charge in [-0.2, -0.15) is 0 Å². The molecule has 0 radical (unpaired) electrons. The highest BCUT2D eigenvalue weighted by atomic mass is 16.6. The van der Waals surface area contributed by atoms with E-state index >= 15 is 0 Å². The lowest BCUT2D eigenvalue weighted by atomic mass is 10.1. The first-order valence-electron chi connectivity index (χ1n) is 8.46. The number of aromatic nitrogens is 2. The Morgan fingerprint density at radius 1 is 1.38 bits per heavy atom. The average molecular weight is 358 g/mol. The van der Waals surface area contributed by atoms with E-state index in [2.05, 4.69) is 14.9 Å². The zero-order valence-electron chi connectivity index (χ0n) is 15.1. The number of hydrogen-bond acceptors (Lipinski definition) is 6. The lowest BCUT2D eigenvalue weighted by Crippen LogP contribution is -2.35. The maximum absolute atomic E-state index is 12.7. The monoisotopic (exact) mass is 358 g/mol. The molecule has 8 nitrogen and oxygen atoms in total. The maximum Gasteiger partial charge on any atom is 0.254 e. The summed E-state index contributed by atoms with van der Waals surface area (Å²) in [5.41, 5.74) is 1.88. The number of benzene rings is 1. The van der Waals surface area contributed by atoms with Gasteiger partial charge in [-0.1, -0.05) is 16.4 Å². The van der Waals surface area contributed by atoms with Crippen molar-refractivity contribution in [3.8, 4) is 5.75 Å². The van der Waals surface area contributed by atoms with Crippen LogP contribution in [0.5, 0.6) is 5.75 Å². The summed E-state index contributed by atoms with van der Waals surface area (Å²) in [5, 5.41) is 7.53. The Hall–Kier alpha value is -2.90. The number of carbonyl (C=O) groups excluding carboxylic acids is 2. The van der Waals surface area contributed by atoms with E-state index in [-0.39, 0.29) is 17.7 Å². The molecule has 0 aliphatic carbocycles. The summed E-state index contributed by atoms with van der Waals surface area (Å²) in [6.45, 7) is 3.10. The van der Waals surface area contributed by atoms with E-state index in [1.54, 1.807) is 55.1 Å². The van der Waals surface area contributed by atoms with Crippen LogP contribution in [0.3, 0.4) is 0 Å². The van der Waals surface area contributed by atoms with Gasteiger partial charge in [0.1, 0.15) is 17.1 Å². The minimum Gasteiger partial charge on any atom is -0.497 e. The minimum absolute atomic E-state index is 0.00616. The summed E-state index contributed by atoms with van der Waals surface area (Å²) in [7, 11) is 3.29. The van der Waals surface area contributed by atoms with E-state index in [4.69, 9.17) is 4.74 Å². The Bertz CT molecular complexity index is 804. The summed E-state index contributed by atoms with van der Waals surface area (Å²) < 4.78 is 9.83. The van der Waals surface area contributed by atoms with Crippen LogP contribution in [0.2, 0.25) is 0 Å². The van der Waals surface area contributed by atoms with Crippen molar-refractivity contribution >= 4 is 11.8 Å². The van der Waals surface area contributed by atoms with Crippen LogP contribution in [0.1, 0.15) is 28.2 Å². The number of amides is 2. The van der Waals surface area contributed by atoms with Crippen molar-refractivity contribution in [1.29, 1.82) is 0 Å². The number of carbonyl (C=O) groups is 2. The second kappa shape index (κ2) is 7.55. The van der Waals surface area contributed by atoms with Gasteiger partial charge in [0, 0.05) is 25.7 Å². The second-order valence-electron chi connectivity index (χ2n) is 6.46.